The maximum absolute atomic E-state index is 12.7. The lowest BCUT2D eigenvalue weighted by Gasteiger charge is -2.19. The molecule has 1 aliphatic rings. The zero-order valence-corrected chi connectivity index (χ0v) is 19.6. The summed E-state index contributed by atoms with van der Waals surface area (Å²) in [6.45, 7) is 8.23. The number of nitrogens with one attached hydrogen (secondary N) is 1. The van der Waals surface area contributed by atoms with Crippen LogP contribution in [0, 0.1) is 6.92 Å². The number of amides is 1. The smallest absolute Gasteiger partial charge is 0.351 e. The molecule has 1 amide bonds. The lowest BCUT2D eigenvalue weighted by molar-refractivity contribution is -0.0176. The molecule has 0 radical (unpaired) electrons. The molecule has 0 aliphatic carbocycles. The molecule has 2 aromatic rings. The lowest BCUT2D eigenvalue weighted by atomic mass is 10.1. The summed E-state index contributed by atoms with van der Waals surface area (Å²) in [5.74, 6) is -0.0866. The number of benzene rings is 1. The van der Waals surface area contributed by atoms with Crippen LogP contribution in [0.1, 0.15) is 48.8 Å². The molecule has 32 heavy (non-hydrogen) atoms. The van der Waals surface area contributed by atoms with E-state index in [-0.39, 0.29) is 23.9 Å². The van der Waals surface area contributed by atoms with E-state index in [4.69, 9.17) is 13.8 Å². The largest absolute Gasteiger partial charge is 0.437 e. The minimum Gasteiger partial charge on any atom is -0.437 e. The number of hydrogen-bond donors (Lipinski definition) is 1. The molecule has 1 fully saturated rings. The predicted octanol–water partition coefficient (Wildman–Crippen LogP) is 3.89. The summed E-state index contributed by atoms with van der Waals surface area (Å²) >= 11 is 0. The van der Waals surface area contributed by atoms with Gasteiger partial charge in [0.25, 0.3) is 5.91 Å². The highest BCUT2D eigenvalue weighted by Crippen LogP contribution is 2.41. The second kappa shape index (κ2) is 11.3. The Morgan fingerprint density at radius 3 is 2.81 bits per heavy atom. The van der Waals surface area contributed by atoms with Gasteiger partial charge < -0.3 is 19.1 Å². The second-order valence-electron chi connectivity index (χ2n) is 7.35. The van der Waals surface area contributed by atoms with E-state index in [0.29, 0.717) is 24.1 Å². The van der Waals surface area contributed by atoms with Crippen LogP contribution in [-0.2, 0) is 13.8 Å². The molecule has 0 saturated carbocycles. The van der Waals surface area contributed by atoms with Gasteiger partial charge in [-0.3, -0.25) is 14.4 Å². The maximum atomic E-state index is 12.7. The van der Waals surface area contributed by atoms with Crippen LogP contribution in [0.5, 0.6) is 0 Å². The van der Waals surface area contributed by atoms with Gasteiger partial charge in [0, 0.05) is 37.0 Å². The predicted molar refractivity (Wildman–Crippen MR) is 124 cm³/mol. The monoisotopic (exact) mass is 460 g/mol. The van der Waals surface area contributed by atoms with E-state index in [9.17, 15) is 9.59 Å². The zero-order chi connectivity index (χ0) is 23.1. The number of aryl methyl sites for hydroxylation is 1. The van der Waals surface area contributed by atoms with Crippen LogP contribution in [0.25, 0.3) is 0 Å². The highest BCUT2D eigenvalue weighted by molar-refractivity contribution is 7.46. The number of carbonyl (C=O) groups is 1. The van der Waals surface area contributed by atoms with Crippen LogP contribution in [0.15, 0.2) is 46.3 Å². The van der Waals surface area contributed by atoms with Gasteiger partial charge in [0.05, 0.1) is 12.2 Å². The molecule has 1 aromatic heterocycles. The number of nitrogens with zero attached hydrogens (tertiary/aromatic N) is 3. The molecule has 1 N–H and O–H groups in total. The Morgan fingerprint density at radius 1 is 1.38 bits per heavy atom. The van der Waals surface area contributed by atoms with E-state index in [1.807, 2.05) is 26.6 Å². The zero-order valence-electron chi connectivity index (χ0n) is 18.7. The number of hydrogen-bond acceptors (Lipinski definition) is 7. The maximum Gasteiger partial charge on any atom is 0.351 e. The molecular formula is C22H29N4O5P. The fourth-order valence-corrected chi connectivity index (χ4v) is 4.26. The normalized spacial score (nSPS) is 21.6. The lowest BCUT2D eigenvalue weighted by Crippen LogP contribution is -2.29. The van der Waals surface area contributed by atoms with Crippen LogP contribution in [0.2, 0.25) is 0 Å². The molecule has 1 saturated heterocycles. The Kier molecular flexibility index (Phi) is 8.50. The summed E-state index contributed by atoms with van der Waals surface area (Å²) < 4.78 is 19.1. The second-order valence-corrected chi connectivity index (χ2v) is 8.65. The fourth-order valence-electron chi connectivity index (χ4n) is 3.40. The van der Waals surface area contributed by atoms with Gasteiger partial charge in [0.1, 0.15) is 12.0 Å². The number of aliphatic imine (C=N–C) groups is 1. The topological polar surface area (TPSA) is 104 Å². The third kappa shape index (κ3) is 6.00. The molecule has 0 spiro atoms. The van der Waals surface area contributed by atoms with Crippen LogP contribution in [0.3, 0.4) is 0 Å². The number of anilines is 1. The first-order chi connectivity index (χ1) is 15.4. The standard InChI is InChI=1S/C22H29N4O5P/c1-5-17-18(31-32(4)29-14-23-6-2)12-19(30-17)26-13-15(3)20(25-22(26)28)24-21(27)16-10-8-7-9-11-16/h7-11,13-14,17-19H,5-6,12H2,1-4H3,(H,24,25,27,28). The van der Waals surface area contributed by atoms with Gasteiger partial charge in [0.15, 0.2) is 6.40 Å². The first kappa shape index (κ1) is 24.0. The van der Waals surface area contributed by atoms with E-state index in [1.54, 1.807) is 37.4 Å². The van der Waals surface area contributed by atoms with Crippen molar-refractivity contribution in [2.45, 2.75) is 52.0 Å². The highest BCUT2D eigenvalue weighted by atomic mass is 31.2. The van der Waals surface area contributed by atoms with E-state index in [2.05, 4.69) is 15.3 Å². The van der Waals surface area contributed by atoms with Gasteiger partial charge in [-0.1, -0.05) is 25.1 Å². The first-order valence-corrected chi connectivity index (χ1v) is 12.2. The summed E-state index contributed by atoms with van der Waals surface area (Å²) in [6, 6.07) is 8.78. The van der Waals surface area contributed by atoms with Crippen molar-refractivity contribution in [1.82, 2.24) is 9.55 Å². The SMILES string of the molecule is CCN=COP(C)OC1CC(n2cc(C)c(NC(=O)c3ccccc3)nc2=O)OC1CC. The van der Waals surface area contributed by atoms with Crippen LogP contribution >= 0.6 is 8.38 Å². The van der Waals surface area contributed by atoms with Crippen molar-refractivity contribution in [3.05, 3.63) is 58.1 Å². The summed E-state index contributed by atoms with van der Waals surface area (Å²) in [5, 5.41) is 2.71. The quantitative estimate of drug-likeness (QED) is 0.346. The minimum atomic E-state index is -1.15. The summed E-state index contributed by atoms with van der Waals surface area (Å²) in [5.41, 5.74) is 0.654. The van der Waals surface area contributed by atoms with E-state index in [1.165, 1.54) is 11.0 Å². The molecule has 10 heteroatoms. The van der Waals surface area contributed by atoms with Crippen LogP contribution in [-0.4, -0.2) is 47.3 Å². The Hall–Kier alpha value is -2.61. The van der Waals surface area contributed by atoms with Gasteiger partial charge in [-0.15, -0.1) is 0 Å². The van der Waals surface area contributed by atoms with Crippen molar-refractivity contribution < 1.29 is 18.6 Å². The highest BCUT2D eigenvalue weighted by Gasteiger charge is 2.38. The molecule has 172 valence electrons. The van der Waals surface area contributed by atoms with Crippen molar-refractivity contribution >= 4 is 26.5 Å². The Morgan fingerprint density at radius 2 is 2.12 bits per heavy atom. The van der Waals surface area contributed by atoms with Crippen LogP contribution in [0.4, 0.5) is 5.82 Å². The third-order valence-corrected chi connectivity index (χ3v) is 5.99. The molecule has 0 bridgehead atoms. The Bertz CT molecular complexity index is 998. The molecule has 3 rings (SSSR count). The van der Waals surface area contributed by atoms with Crippen molar-refractivity contribution in [3.63, 3.8) is 0 Å². The van der Waals surface area contributed by atoms with E-state index >= 15 is 0 Å². The number of ether oxygens (including phenoxy) is 1. The van der Waals surface area contributed by atoms with Gasteiger partial charge in [0.2, 0.25) is 8.38 Å². The Balaban J connectivity index is 1.71. The molecule has 4 unspecified atom stereocenters. The van der Waals surface area contributed by atoms with Gasteiger partial charge >= 0.3 is 5.69 Å². The van der Waals surface area contributed by atoms with Gasteiger partial charge in [-0.25, -0.2) is 4.79 Å². The molecule has 1 aromatic carbocycles. The third-order valence-electron chi connectivity index (χ3n) is 5.03. The van der Waals surface area contributed by atoms with Crippen molar-refractivity contribution in [1.29, 1.82) is 0 Å². The van der Waals surface area contributed by atoms with Crippen LogP contribution < -0.4 is 11.0 Å². The molecular weight excluding hydrogens is 431 g/mol. The summed E-state index contributed by atoms with van der Waals surface area (Å²) in [4.78, 5) is 33.3. The van der Waals surface area contributed by atoms with Gasteiger partial charge in [-0.2, -0.15) is 4.98 Å². The van der Waals surface area contributed by atoms with E-state index in [0.717, 1.165) is 6.42 Å². The van der Waals surface area contributed by atoms with Crippen molar-refractivity contribution in [2.75, 3.05) is 18.5 Å². The number of carbonyl (C=O) groups excluding carboxylic acids is 1. The summed E-state index contributed by atoms with van der Waals surface area (Å²) in [7, 11) is -1.15. The number of rotatable bonds is 9. The number of aromatic nitrogens is 2. The fraction of sp³-hybridized carbons (Fsp3) is 0.455. The minimum absolute atomic E-state index is 0.165. The first-order valence-electron chi connectivity index (χ1n) is 10.6. The summed E-state index contributed by atoms with van der Waals surface area (Å²) in [6.07, 6.45) is 3.43. The van der Waals surface area contributed by atoms with Crippen molar-refractivity contribution in [2.24, 2.45) is 4.99 Å². The molecule has 2 heterocycles. The molecule has 9 nitrogen and oxygen atoms in total. The average Bonchev–Trinajstić information content (AvgIpc) is 3.19. The van der Waals surface area contributed by atoms with E-state index < -0.39 is 20.3 Å². The molecule has 1 aliphatic heterocycles. The molecule has 4 atom stereocenters. The Labute approximate surface area is 188 Å². The van der Waals surface area contributed by atoms with Crippen molar-refractivity contribution in [3.8, 4) is 0 Å². The van der Waals surface area contributed by atoms with Gasteiger partial charge in [-0.05, 0) is 32.4 Å². The average molecular weight is 460 g/mol.